The molecule has 0 unspecified atom stereocenters. The molecule has 0 aliphatic rings. The fourth-order valence-corrected chi connectivity index (χ4v) is 0.950. The number of carbonyl (C=O) groups is 1. The van der Waals surface area contributed by atoms with Gasteiger partial charge in [0, 0.05) is 13.7 Å². The fraction of sp³-hybridized carbons (Fsp3) is 0.857. The first kappa shape index (κ1) is 15.8. The average Bonchev–Trinajstić information content (AvgIpc) is 2.10. The predicted molar refractivity (Wildman–Crippen MR) is 44.1 cm³/mol. The summed E-state index contributed by atoms with van der Waals surface area (Å²) in [6, 6.07) is -1.64. The SMILES string of the molecule is CCNC(=O)NC(OC)(C(F)(F)F)C(F)(F)F. The molecule has 0 spiro atoms. The molecule has 0 rings (SSSR count). The molecule has 17 heavy (non-hydrogen) atoms. The molecule has 0 aliphatic carbocycles. The van der Waals surface area contributed by atoms with Gasteiger partial charge in [-0.3, -0.25) is 5.32 Å². The number of alkyl halides is 6. The minimum atomic E-state index is -5.84. The van der Waals surface area contributed by atoms with Crippen molar-refractivity contribution in [3.63, 3.8) is 0 Å². The molecule has 10 heteroatoms. The van der Waals surface area contributed by atoms with Gasteiger partial charge in [0.05, 0.1) is 0 Å². The van der Waals surface area contributed by atoms with Crippen LogP contribution < -0.4 is 10.6 Å². The summed E-state index contributed by atoms with van der Waals surface area (Å²) in [5.74, 6) is 0. The molecule has 102 valence electrons. The smallest absolute Gasteiger partial charge is 0.344 e. The third-order valence-electron chi connectivity index (χ3n) is 1.73. The summed E-state index contributed by atoms with van der Waals surface area (Å²) < 4.78 is 77.8. The second-order valence-electron chi connectivity index (χ2n) is 2.87. The highest BCUT2D eigenvalue weighted by atomic mass is 19.4. The number of hydrogen-bond donors (Lipinski definition) is 2. The van der Waals surface area contributed by atoms with Gasteiger partial charge in [0.1, 0.15) is 0 Å². The van der Waals surface area contributed by atoms with Crippen LogP contribution in [0.25, 0.3) is 0 Å². The van der Waals surface area contributed by atoms with Crippen LogP contribution in [0.4, 0.5) is 31.1 Å². The van der Waals surface area contributed by atoms with Crippen LogP contribution in [-0.2, 0) is 4.74 Å². The van der Waals surface area contributed by atoms with Gasteiger partial charge >= 0.3 is 24.1 Å². The van der Waals surface area contributed by atoms with Gasteiger partial charge in [0.2, 0.25) is 0 Å². The average molecular weight is 268 g/mol. The molecule has 2 N–H and O–H groups in total. The molecular weight excluding hydrogens is 258 g/mol. The lowest BCUT2D eigenvalue weighted by atomic mass is 10.2. The van der Waals surface area contributed by atoms with Crippen molar-refractivity contribution in [1.29, 1.82) is 0 Å². The van der Waals surface area contributed by atoms with Crippen molar-refractivity contribution < 1.29 is 35.9 Å². The van der Waals surface area contributed by atoms with Gasteiger partial charge in [-0.2, -0.15) is 26.3 Å². The van der Waals surface area contributed by atoms with E-state index in [1.165, 1.54) is 6.92 Å². The number of nitrogens with one attached hydrogen (secondary N) is 2. The maximum absolute atomic E-state index is 12.4. The summed E-state index contributed by atoms with van der Waals surface area (Å²) in [6.07, 6.45) is -11.7. The van der Waals surface area contributed by atoms with E-state index in [1.807, 2.05) is 0 Å². The first-order valence-electron chi connectivity index (χ1n) is 4.26. The molecule has 0 radical (unpaired) electrons. The molecule has 0 fully saturated rings. The monoisotopic (exact) mass is 268 g/mol. The molecule has 0 saturated heterocycles. The summed E-state index contributed by atoms with van der Waals surface area (Å²) in [6.45, 7) is 1.19. The van der Waals surface area contributed by atoms with Crippen LogP contribution >= 0.6 is 0 Å². The predicted octanol–water partition coefficient (Wildman–Crippen LogP) is 1.77. The Bertz CT molecular complexity index is 261. The highest BCUT2D eigenvalue weighted by molar-refractivity contribution is 5.74. The Hall–Kier alpha value is -1.19. The van der Waals surface area contributed by atoms with Gasteiger partial charge in [-0.15, -0.1) is 0 Å². The van der Waals surface area contributed by atoms with Crippen LogP contribution in [0.3, 0.4) is 0 Å². The van der Waals surface area contributed by atoms with Crippen molar-refractivity contribution >= 4 is 6.03 Å². The molecule has 0 aliphatic heterocycles. The van der Waals surface area contributed by atoms with E-state index in [4.69, 9.17) is 0 Å². The van der Waals surface area contributed by atoms with Crippen molar-refractivity contribution in [3.8, 4) is 0 Å². The highest BCUT2D eigenvalue weighted by Gasteiger charge is 2.73. The van der Waals surface area contributed by atoms with Gasteiger partial charge in [0.25, 0.3) is 0 Å². The number of halogens is 6. The summed E-state index contributed by atoms with van der Waals surface area (Å²) in [5.41, 5.74) is -4.72. The Morgan fingerprint density at radius 1 is 1.12 bits per heavy atom. The molecule has 0 heterocycles. The second kappa shape index (κ2) is 4.98. The van der Waals surface area contributed by atoms with Crippen LogP contribution in [0.1, 0.15) is 6.92 Å². The summed E-state index contributed by atoms with van der Waals surface area (Å²) >= 11 is 0. The molecule has 0 atom stereocenters. The topological polar surface area (TPSA) is 50.4 Å². The Labute approximate surface area is 92.3 Å². The van der Waals surface area contributed by atoms with E-state index in [0.717, 1.165) is 5.32 Å². The Balaban J connectivity index is 5.31. The molecule has 0 aromatic heterocycles. The van der Waals surface area contributed by atoms with Crippen molar-refractivity contribution in [2.24, 2.45) is 0 Å². The third kappa shape index (κ3) is 3.14. The van der Waals surface area contributed by atoms with E-state index < -0.39 is 24.1 Å². The van der Waals surface area contributed by atoms with Crippen molar-refractivity contribution in [1.82, 2.24) is 10.6 Å². The van der Waals surface area contributed by atoms with E-state index in [0.29, 0.717) is 0 Å². The van der Waals surface area contributed by atoms with Gasteiger partial charge in [-0.1, -0.05) is 0 Å². The van der Waals surface area contributed by atoms with Gasteiger partial charge in [0.15, 0.2) is 0 Å². The largest absolute Gasteiger partial charge is 0.446 e. The maximum Gasteiger partial charge on any atom is 0.446 e. The van der Waals surface area contributed by atoms with Gasteiger partial charge < -0.3 is 10.1 Å². The van der Waals surface area contributed by atoms with Crippen LogP contribution in [-0.4, -0.2) is 37.8 Å². The molecule has 0 bridgehead atoms. The number of rotatable bonds is 3. The zero-order valence-electron chi connectivity index (χ0n) is 8.79. The number of methoxy groups -OCH3 is 1. The summed E-state index contributed by atoms with van der Waals surface area (Å²) in [7, 11) is 0.202. The standard InChI is InChI=1S/C7H10F6N2O2/c1-3-14-4(16)15-5(17-2,6(8,9)10)7(11,12)13/h3H2,1-2H3,(H2,14,15,16). The zero-order chi connectivity index (χ0) is 13.9. The lowest BCUT2D eigenvalue weighted by molar-refractivity contribution is -0.381. The summed E-state index contributed by atoms with van der Waals surface area (Å²) in [4.78, 5) is 10.8. The number of ether oxygens (including phenoxy) is 1. The lowest BCUT2D eigenvalue weighted by Crippen LogP contribution is -2.69. The van der Waals surface area contributed by atoms with Crippen molar-refractivity contribution in [2.75, 3.05) is 13.7 Å². The normalized spacial score (nSPS) is 13.4. The number of urea groups is 1. The van der Waals surface area contributed by atoms with Crippen molar-refractivity contribution in [2.45, 2.75) is 25.0 Å². The first-order valence-corrected chi connectivity index (χ1v) is 4.26. The number of carbonyl (C=O) groups excluding carboxylic acids is 1. The number of hydrogen-bond acceptors (Lipinski definition) is 2. The molecule has 0 aromatic rings. The van der Waals surface area contributed by atoms with E-state index in [1.54, 1.807) is 5.32 Å². The molecule has 0 saturated carbocycles. The first-order chi connectivity index (χ1) is 7.52. The lowest BCUT2D eigenvalue weighted by Gasteiger charge is -2.35. The van der Waals surface area contributed by atoms with Crippen LogP contribution in [0.15, 0.2) is 0 Å². The van der Waals surface area contributed by atoms with E-state index in [2.05, 4.69) is 4.74 Å². The molecule has 0 aromatic carbocycles. The molecule has 2 amide bonds. The quantitative estimate of drug-likeness (QED) is 0.605. The Morgan fingerprint density at radius 3 is 1.76 bits per heavy atom. The summed E-state index contributed by atoms with van der Waals surface area (Å²) in [5, 5.41) is 2.49. The van der Waals surface area contributed by atoms with Crippen LogP contribution in [0.2, 0.25) is 0 Å². The molecular formula is C7H10F6N2O2. The fourth-order valence-electron chi connectivity index (χ4n) is 0.950. The highest BCUT2D eigenvalue weighted by Crippen LogP contribution is 2.43. The Morgan fingerprint density at radius 2 is 1.53 bits per heavy atom. The minimum Gasteiger partial charge on any atom is -0.344 e. The second-order valence-corrected chi connectivity index (χ2v) is 2.87. The zero-order valence-corrected chi connectivity index (χ0v) is 8.79. The van der Waals surface area contributed by atoms with Crippen molar-refractivity contribution in [3.05, 3.63) is 0 Å². The van der Waals surface area contributed by atoms with Crippen LogP contribution in [0, 0.1) is 0 Å². The van der Waals surface area contributed by atoms with E-state index in [-0.39, 0.29) is 13.7 Å². The van der Waals surface area contributed by atoms with E-state index in [9.17, 15) is 31.1 Å². The maximum atomic E-state index is 12.4. The van der Waals surface area contributed by atoms with Gasteiger partial charge in [-0.25, -0.2) is 4.79 Å². The number of amides is 2. The van der Waals surface area contributed by atoms with Gasteiger partial charge in [-0.05, 0) is 6.92 Å². The van der Waals surface area contributed by atoms with E-state index >= 15 is 0 Å². The minimum absolute atomic E-state index is 0.138. The van der Waals surface area contributed by atoms with Crippen LogP contribution in [0.5, 0.6) is 0 Å². The molecule has 4 nitrogen and oxygen atoms in total. The third-order valence-corrected chi connectivity index (χ3v) is 1.73. The Kier molecular flexibility index (Phi) is 4.63.